The fraction of sp³-hybridized carbons (Fsp3) is 0.391. The molecule has 2 aromatic carbocycles. The molecule has 5 nitrogen and oxygen atoms in total. The van der Waals surface area contributed by atoms with Crippen LogP contribution in [0, 0.1) is 5.41 Å². The molecule has 0 aliphatic carbocycles. The lowest BCUT2D eigenvalue weighted by molar-refractivity contribution is -0.118. The van der Waals surface area contributed by atoms with Crippen molar-refractivity contribution in [2.45, 2.75) is 39.5 Å². The molecule has 6 heteroatoms. The van der Waals surface area contributed by atoms with Gasteiger partial charge in [0.05, 0.1) is 12.4 Å². The van der Waals surface area contributed by atoms with Gasteiger partial charge >= 0.3 is 0 Å². The molecule has 0 bridgehead atoms. The molecule has 0 aromatic heterocycles. The van der Waals surface area contributed by atoms with E-state index < -0.39 is 0 Å². The van der Waals surface area contributed by atoms with Gasteiger partial charge in [0.15, 0.2) is 0 Å². The molecule has 1 N–H and O–H groups in total. The Hall–Kier alpha value is -2.47. The number of rotatable bonds is 6. The normalized spacial score (nSPS) is 16.8. The standard InChI is InChI=1S/C23H28N2O3S/c1-5-28-19-12-10-18(11-13-19)25-21(27)15-29-22(25)16-6-8-17(9-7-16)24-20(26)14-23(2,3)4/h6-13,22H,5,14-15H2,1-4H3,(H,24,26). The Labute approximate surface area is 176 Å². The second-order valence-electron chi connectivity index (χ2n) is 8.26. The van der Waals surface area contributed by atoms with Crippen LogP contribution in [0.25, 0.3) is 0 Å². The molecular weight excluding hydrogens is 384 g/mol. The third-order valence-corrected chi connectivity index (χ3v) is 5.68. The van der Waals surface area contributed by atoms with E-state index in [-0.39, 0.29) is 22.6 Å². The van der Waals surface area contributed by atoms with Gasteiger partial charge in [0.1, 0.15) is 11.1 Å². The van der Waals surface area contributed by atoms with Crippen LogP contribution in [0.4, 0.5) is 11.4 Å². The van der Waals surface area contributed by atoms with Crippen LogP contribution in [-0.2, 0) is 9.59 Å². The molecule has 2 amide bonds. The second kappa shape index (κ2) is 8.91. The van der Waals surface area contributed by atoms with Gasteiger partial charge in [-0.2, -0.15) is 0 Å². The summed E-state index contributed by atoms with van der Waals surface area (Å²) >= 11 is 1.61. The van der Waals surface area contributed by atoms with Gasteiger partial charge in [0.2, 0.25) is 11.8 Å². The van der Waals surface area contributed by atoms with Crippen molar-refractivity contribution in [3.63, 3.8) is 0 Å². The lowest BCUT2D eigenvalue weighted by Crippen LogP contribution is -2.27. The van der Waals surface area contributed by atoms with E-state index in [1.54, 1.807) is 11.8 Å². The Bertz CT molecular complexity index is 857. The third-order valence-electron chi connectivity index (χ3n) is 4.46. The molecule has 0 radical (unpaired) electrons. The highest BCUT2D eigenvalue weighted by Crippen LogP contribution is 2.42. The SMILES string of the molecule is CCOc1ccc(N2C(=O)CSC2c2ccc(NC(=O)CC(C)(C)C)cc2)cc1. The van der Waals surface area contributed by atoms with Crippen LogP contribution in [0.15, 0.2) is 48.5 Å². The molecule has 154 valence electrons. The molecule has 3 rings (SSSR count). The first kappa shape index (κ1) is 21.2. The minimum atomic E-state index is -0.0835. The molecule has 1 aliphatic rings. The zero-order valence-electron chi connectivity index (χ0n) is 17.4. The van der Waals surface area contributed by atoms with Crippen LogP contribution in [0.3, 0.4) is 0 Å². The molecule has 29 heavy (non-hydrogen) atoms. The van der Waals surface area contributed by atoms with E-state index in [1.165, 1.54) is 0 Å². The van der Waals surface area contributed by atoms with Crippen LogP contribution in [0.5, 0.6) is 5.75 Å². The Balaban J connectivity index is 1.73. The van der Waals surface area contributed by atoms with Gasteiger partial charge in [0.25, 0.3) is 0 Å². The Morgan fingerprint density at radius 1 is 1.14 bits per heavy atom. The number of anilines is 2. The van der Waals surface area contributed by atoms with Gasteiger partial charge in [0, 0.05) is 17.8 Å². The lowest BCUT2D eigenvalue weighted by Gasteiger charge is -2.25. The summed E-state index contributed by atoms with van der Waals surface area (Å²) in [5.74, 6) is 1.34. The summed E-state index contributed by atoms with van der Waals surface area (Å²) in [6.45, 7) is 8.68. The summed E-state index contributed by atoms with van der Waals surface area (Å²) in [6, 6.07) is 15.4. The van der Waals surface area contributed by atoms with Crippen molar-refractivity contribution in [3.05, 3.63) is 54.1 Å². The van der Waals surface area contributed by atoms with Gasteiger partial charge in [-0.1, -0.05) is 32.9 Å². The molecular formula is C23H28N2O3S. The van der Waals surface area contributed by atoms with E-state index in [0.717, 1.165) is 22.7 Å². The predicted octanol–water partition coefficient (Wildman–Crippen LogP) is 5.24. The zero-order valence-corrected chi connectivity index (χ0v) is 18.2. The number of benzene rings is 2. The predicted molar refractivity (Wildman–Crippen MR) is 119 cm³/mol. The van der Waals surface area contributed by atoms with Gasteiger partial charge in [-0.15, -0.1) is 11.8 Å². The maximum absolute atomic E-state index is 12.5. The molecule has 1 unspecified atom stereocenters. The molecule has 1 atom stereocenters. The number of carbonyl (C=O) groups is 2. The van der Waals surface area contributed by atoms with Gasteiger partial charge < -0.3 is 10.1 Å². The third kappa shape index (κ3) is 5.54. The average molecular weight is 413 g/mol. The summed E-state index contributed by atoms with van der Waals surface area (Å²) in [6.07, 6.45) is 0.466. The van der Waals surface area contributed by atoms with E-state index in [2.05, 4.69) is 5.32 Å². The van der Waals surface area contributed by atoms with Crippen LogP contribution >= 0.6 is 11.8 Å². The van der Waals surface area contributed by atoms with Crippen molar-refractivity contribution in [1.82, 2.24) is 0 Å². The highest BCUT2D eigenvalue weighted by Gasteiger charge is 2.34. The Morgan fingerprint density at radius 2 is 1.79 bits per heavy atom. The van der Waals surface area contributed by atoms with Crippen LogP contribution in [0.1, 0.15) is 45.1 Å². The molecule has 1 saturated heterocycles. The first-order valence-electron chi connectivity index (χ1n) is 9.83. The maximum Gasteiger partial charge on any atom is 0.238 e. The molecule has 1 heterocycles. The number of ether oxygens (including phenoxy) is 1. The maximum atomic E-state index is 12.5. The summed E-state index contributed by atoms with van der Waals surface area (Å²) in [5.41, 5.74) is 2.60. The van der Waals surface area contributed by atoms with Crippen LogP contribution in [-0.4, -0.2) is 24.2 Å². The summed E-state index contributed by atoms with van der Waals surface area (Å²) in [7, 11) is 0. The number of amides is 2. The first-order chi connectivity index (χ1) is 13.8. The van der Waals surface area contributed by atoms with E-state index in [1.807, 2.05) is 81.1 Å². The Morgan fingerprint density at radius 3 is 2.38 bits per heavy atom. The van der Waals surface area contributed by atoms with Crippen molar-refractivity contribution in [3.8, 4) is 5.75 Å². The van der Waals surface area contributed by atoms with E-state index in [4.69, 9.17) is 4.74 Å². The quantitative estimate of drug-likeness (QED) is 0.705. The highest BCUT2D eigenvalue weighted by molar-refractivity contribution is 8.00. The van der Waals surface area contributed by atoms with Crippen molar-refractivity contribution in [2.24, 2.45) is 5.41 Å². The van der Waals surface area contributed by atoms with Gasteiger partial charge in [-0.25, -0.2) is 0 Å². The van der Waals surface area contributed by atoms with E-state index in [0.29, 0.717) is 18.8 Å². The lowest BCUT2D eigenvalue weighted by atomic mass is 9.92. The summed E-state index contributed by atoms with van der Waals surface area (Å²) < 4.78 is 5.49. The van der Waals surface area contributed by atoms with E-state index >= 15 is 0 Å². The second-order valence-corrected chi connectivity index (χ2v) is 9.33. The summed E-state index contributed by atoms with van der Waals surface area (Å²) in [4.78, 5) is 26.5. The zero-order chi connectivity index (χ0) is 21.0. The van der Waals surface area contributed by atoms with Crippen LogP contribution in [0.2, 0.25) is 0 Å². The fourth-order valence-corrected chi connectivity index (χ4v) is 4.41. The number of carbonyl (C=O) groups excluding carboxylic acids is 2. The Kier molecular flexibility index (Phi) is 6.52. The largest absolute Gasteiger partial charge is 0.494 e. The van der Waals surface area contributed by atoms with Crippen molar-refractivity contribution < 1.29 is 14.3 Å². The van der Waals surface area contributed by atoms with Crippen molar-refractivity contribution in [1.29, 1.82) is 0 Å². The number of hydrogen-bond donors (Lipinski definition) is 1. The molecule has 0 spiro atoms. The number of nitrogens with one attached hydrogen (secondary N) is 1. The van der Waals surface area contributed by atoms with Crippen molar-refractivity contribution in [2.75, 3.05) is 22.6 Å². The topological polar surface area (TPSA) is 58.6 Å². The molecule has 0 saturated carbocycles. The number of nitrogens with zero attached hydrogens (tertiary/aromatic N) is 1. The number of hydrogen-bond acceptors (Lipinski definition) is 4. The minimum Gasteiger partial charge on any atom is -0.494 e. The molecule has 1 aliphatic heterocycles. The molecule has 2 aromatic rings. The summed E-state index contributed by atoms with van der Waals surface area (Å²) in [5, 5.41) is 2.86. The highest BCUT2D eigenvalue weighted by atomic mass is 32.2. The van der Waals surface area contributed by atoms with E-state index in [9.17, 15) is 9.59 Å². The molecule has 1 fully saturated rings. The van der Waals surface area contributed by atoms with Crippen LogP contribution < -0.4 is 15.0 Å². The first-order valence-corrected chi connectivity index (χ1v) is 10.9. The fourth-order valence-electron chi connectivity index (χ4n) is 3.24. The number of thioether (sulfide) groups is 1. The monoisotopic (exact) mass is 412 g/mol. The average Bonchev–Trinajstić information content (AvgIpc) is 3.03. The van der Waals surface area contributed by atoms with Crippen molar-refractivity contribution >= 4 is 35.0 Å². The smallest absolute Gasteiger partial charge is 0.238 e. The minimum absolute atomic E-state index is 0.00619. The van der Waals surface area contributed by atoms with Gasteiger partial charge in [-0.3, -0.25) is 14.5 Å². The van der Waals surface area contributed by atoms with Gasteiger partial charge in [-0.05, 0) is 54.3 Å².